The summed E-state index contributed by atoms with van der Waals surface area (Å²) < 4.78 is 5.25. The lowest BCUT2D eigenvalue weighted by molar-refractivity contribution is -0.130. The van der Waals surface area contributed by atoms with Gasteiger partial charge in [-0.05, 0) is 37.4 Å². The van der Waals surface area contributed by atoms with Crippen molar-refractivity contribution < 1.29 is 9.32 Å². The van der Waals surface area contributed by atoms with Gasteiger partial charge in [-0.1, -0.05) is 29.4 Å². The van der Waals surface area contributed by atoms with Gasteiger partial charge in [0.1, 0.15) is 0 Å². The maximum atomic E-state index is 12.5. The molecule has 1 atom stereocenters. The maximum absolute atomic E-state index is 12.5. The number of benzene rings is 1. The van der Waals surface area contributed by atoms with E-state index in [0.717, 1.165) is 39.0 Å². The number of amides is 1. The Bertz CT molecular complexity index is 732. The third-order valence-corrected chi connectivity index (χ3v) is 5.20. The van der Waals surface area contributed by atoms with E-state index in [1.807, 2.05) is 11.8 Å². The van der Waals surface area contributed by atoms with Crippen LogP contribution in [0.5, 0.6) is 0 Å². The number of nitrogens with zero attached hydrogens (tertiary/aromatic N) is 4. The highest BCUT2D eigenvalue weighted by Crippen LogP contribution is 2.27. The molecule has 2 aliphatic heterocycles. The Kier molecular flexibility index (Phi) is 4.53. The average molecular weight is 340 g/mol. The topological polar surface area (TPSA) is 62.5 Å². The van der Waals surface area contributed by atoms with Crippen molar-refractivity contribution in [1.82, 2.24) is 19.9 Å². The van der Waals surface area contributed by atoms with Gasteiger partial charge >= 0.3 is 0 Å². The van der Waals surface area contributed by atoms with E-state index < -0.39 is 0 Å². The summed E-state index contributed by atoms with van der Waals surface area (Å²) >= 11 is 0. The summed E-state index contributed by atoms with van der Waals surface area (Å²) in [5.74, 6) is 1.77. The van der Waals surface area contributed by atoms with Crippen molar-refractivity contribution in [3.63, 3.8) is 0 Å². The molecule has 2 aromatic rings. The van der Waals surface area contributed by atoms with Gasteiger partial charge in [0.15, 0.2) is 5.82 Å². The number of aryl methyl sites for hydroxylation is 1. The SMILES string of the molecule is Cc1noc([C@@H]2CCN(C(=O)CCCN3Cc4ccccc4C3)C2)n1. The second-order valence-corrected chi connectivity index (χ2v) is 7.09. The van der Waals surface area contributed by atoms with Gasteiger partial charge in [-0.15, -0.1) is 0 Å². The normalized spacial score (nSPS) is 20.2. The van der Waals surface area contributed by atoms with Crippen LogP contribution in [0.3, 0.4) is 0 Å². The van der Waals surface area contributed by atoms with Crippen LogP contribution in [0.1, 0.15) is 48.0 Å². The van der Waals surface area contributed by atoms with Crippen LogP contribution in [-0.2, 0) is 17.9 Å². The van der Waals surface area contributed by atoms with Crippen molar-refractivity contribution in [2.24, 2.45) is 0 Å². The predicted octanol–water partition coefficient (Wildman–Crippen LogP) is 2.49. The first-order valence-electron chi connectivity index (χ1n) is 9.06. The van der Waals surface area contributed by atoms with E-state index in [0.29, 0.717) is 24.7 Å². The molecule has 132 valence electrons. The number of carbonyl (C=O) groups is 1. The third-order valence-electron chi connectivity index (χ3n) is 5.20. The lowest BCUT2D eigenvalue weighted by atomic mass is 10.1. The van der Waals surface area contributed by atoms with Gasteiger partial charge in [0.2, 0.25) is 11.8 Å². The van der Waals surface area contributed by atoms with Crippen molar-refractivity contribution in [2.75, 3.05) is 19.6 Å². The molecule has 1 saturated heterocycles. The van der Waals surface area contributed by atoms with Crippen LogP contribution in [0.4, 0.5) is 0 Å². The molecule has 2 aliphatic rings. The minimum atomic E-state index is 0.193. The highest BCUT2D eigenvalue weighted by molar-refractivity contribution is 5.76. The Balaban J connectivity index is 1.21. The second kappa shape index (κ2) is 6.96. The minimum absolute atomic E-state index is 0.193. The van der Waals surface area contributed by atoms with Crippen LogP contribution in [0.15, 0.2) is 28.8 Å². The number of aromatic nitrogens is 2. The maximum Gasteiger partial charge on any atom is 0.231 e. The Labute approximate surface area is 147 Å². The fourth-order valence-electron chi connectivity index (χ4n) is 3.84. The van der Waals surface area contributed by atoms with Gasteiger partial charge in [-0.25, -0.2) is 0 Å². The molecule has 0 saturated carbocycles. The van der Waals surface area contributed by atoms with Crippen LogP contribution in [-0.4, -0.2) is 45.5 Å². The summed E-state index contributed by atoms with van der Waals surface area (Å²) in [6.45, 7) is 6.30. The van der Waals surface area contributed by atoms with Gasteiger partial charge < -0.3 is 9.42 Å². The molecule has 6 nitrogen and oxygen atoms in total. The highest BCUT2D eigenvalue weighted by atomic mass is 16.5. The van der Waals surface area contributed by atoms with Crippen LogP contribution in [0.25, 0.3) is 0 Å². The average Bonchev–Trinajstić information content (AvgIpc) is 3.32. The molecule has 1 amide bonds. The highest BCUT2D eigenvalue weighted by Gasteiger charge is 2.30. The molecule has 0 aliphatic carbocycles. The smallest absolute Gasteiger partial charge is 0.231 e. The molecule has 25 heavy (non-hydrogen) atoms. The molecule has 4 rings (SSSR count). The summed E-state index contributed by atoms with van der Waals surface area (Å²) in [6.07, 6.45) is 2.44. The molecular formula is C19H24N4O2. The minimum Gasteiger partial charge on any atom is -0.342 e. The molecule has 0 bridgehead atoms. The zero-order valence-electron chi connectivity index (χ0n) is 14.6. The molecule has 0 radical (unpaired) electrons. The van der Waals surface area contributed by atoms with Gasteiger partial charge in [0.25, 0.3) is 0 Å². The van der Waals surface area contributed by atoms with Crippen molar-refractivity contribution in [1.29, 1.82) is 0 Å². The quantitative estimate of drug-likeness (QED) is 0.837. The van der Waals surface area contributed by atoms with E-state index in [4.69, 9.17) is 4.52 Å². The Hall–Kier alpha value is -2.21. The van der Waals surface area contributed by atoms with E-state index in [-0.39, 0.29) is 11.8 Å². The number of likely N-dealkylation sites (tertiary alicyclic amines) is 1. The van der Waals surface area contributed by atoms with E-state index in [1.54, 1.807) is 0 Å². The summed E-state index contributed by atoms with van der Waals surface area (Å²) in [4.78, 5) is 21.1. The number of carbonyl (C=O) groups excluding carboxylic acids is 1. The second-order valence-electron chi connectivity index (χ2n) is 7.09. The zero-order chi connectivity index (χ0) is 17.2. The lowest BCUT2D eigenvalue weighted by Gasteiger charge is -2.18. The molecule has 0 N–H and O–H groups in total. The first kappa shape index (κ1) is 16.3. The predicted molar refractivity (Wildman–Crippen MR) is 92.8 cm³/mol. The standard InChI is InChI=1S/C19H24N4O2/c1-14-20-19(25-21-14)17-8-10-23(13-17)18(24)7-4-9-22-11-15-5-2-3-6-16(15)12-22/h2-3,5-6,17H,4,7-13H2,1H3/t17-/m1/s1. The number of hydrogen-bond donors (Lipinski definition) is 0. The molecule has 1 aromatic heterocycles. The van der Waals surface area contributed by atoms with Crippen molar-refractivity contribution in [3.05, 3.63) is 47.1 Å². The molecule has 6 heteroatoms. The van der Waals surface area contributed by atoms with Crippen molar-refractivity contribution in [3.8, 4) is 0 Å². The van der Waals surface area contributed by atoms with Crippen LogP contribution < -0.4 is 0 Å². The third kappa shape index (κ3) is 3.58. The summed E-state index contributed by atoms with van der Waals surface area (Å²) in [7, 11) is 0. The van der Waals surface area contributed by atoms with Crippen LogP contribution >= 0.6 is 0 Å². The molecule has 0 spiro atoms. The Morgan fingerprint density at radius 3 is 2.72 bits per heavy atom. The monoisotopic (exact) mass is 340 g/mol. The fraction of sp³-hybridized carbons (Fsp3) is 0.526. The summed E-state index contributed by atoms with van der Waals surface area (Å²) in [6, 6.07) is 8.59. The van der Waals surface area contributed by atoms with Crippen molar-refractivity contribution >= 4 is 5.91 Å². The van der Waals surface area contributed by atoms with Gasteiger partial charge in [0, 0.05) is 32.6 Å². The number of rotatable bonds is 5. The Morgan fingerprint density at radius 2 is 2.04 bits per heavy atom. The van der Waals surface area contributed by atoms with Crippen molar-refractivity contribution in [2.45, 2.75) is 45.2 Å². The van der Waals surface area contributed by atoms with E-state index in [1.165, 1.54) is 11.1 Å². The van der Waals surface area contributed by atoms with E-state index in [9.17, 15) is 4.79 Å². The Morgan fingerprint density at radius 1 is 1.28 bits per heavy atom. The first-order chi connectivity index (χ1) is 12.2. The first-order valence-corrected chi connectivity index (χ1v) is 9.06. The van der Waals surface area contributed by atoms with Gasteiger partial charge in [0.05, 0.1) is 5.92 Å². The van der Waals surface area contributed by atoms with E-state index >= 15 is 0 Å². The fourth-order valence-corrected chi connectivity index (χ4v) is 3.84. The number of hydrogen-bond acceptors (Lipinski definition) is 5. The van der Waals surface area contributed by atoms with Crippen LogP contribution in [0, 0.1) is 6.92 Å². The van der Waals surface area contributed by atoms with Gasteiger partial charge in [-0.2, -0.15) is 4.98 Å². The molecule has 3 heterocycles. The van der Waals surface area contributed by atoms with Crippen LogP contribution in [0.2, 0.25) is 0 Å². The van der Waals surface area contributed by atoms with Gasteiger partial charge in [-0.3, -0.25) is 9.69 Å². The molecular weight excluding hydrogens is 316 g/mol. The zero-order valence-corrected chi connectivity index (χ0v) is 14.6. The molecule has 1 aromatic carbocycles. The molecule has 1 fully saturated rings. The largest absolute Gasteiger partial charge is 0.342 e. The van der Waals surface area contributed by atoms with E-state index in [2.05, 4.69) is 39.3 Å². The molecule has 0 unspecified atom stereocenters. The summed E-state index contributed by atoms with van der Waals surface area (Å²) in [5, 5.41) is 3.85. The summed E-state index contributed by atoms with van der Waals surface area (Å²) in [5.41, 5.74) is 2.84. The lowest BCUT2D eigenvalue weighted by Crippen LogP contribution is -2.29. The number of fused-ring (bicyclic) bond motifs is 1.